The molecule has 0 unspecified atom stereocenters. The zero-order valence-corrected chi connectivity index (χ0v) is 17.6. The summed E-state index contributed by atoms with van der Waals surface area (Å²) in [7, 11) is -0.992. The molecule has 0 aliphatic carbocycles. The number of rotatable bonds is 5. The summed E-state index contributed by atoms with van der Waals surface area (Å²) < 4.78 is 0. The highest BCUT2D eigenvalue weighted by Gasteiger charge is 2.19. The summed E-state index contributed by atoms with van der Waals surface area (Å²) in [6.07, 6.45) is 0. The van der Waals surface area contributed by atoms with Gasteiger partial charge in [-0.1, -0.05) is 141 Å². The quantitative estimate of drug-likeness (QED) is 0.244. The van der Waals surface area contributed by atoms with Gasteiger partial charge < -0.3 is 0 Å². The Balaban J connectivity index is 1.70. The van der Waals surface area contributed by atoms with Crippen LogP contribution in [-0.2, 0) is 5.33 Å². The van der Waals surface area contributed by atoms with Crippen LogP contribution < -0.4 is 15.6 Å². The molecule has 0 heterocycles. The van der Waals surface area contributed by atoms with Gasteiger partial charge in [0, 0.05) is 5.33 Å². The van der Waals surface area contributed by atoms with Gasteiger partial charge >= 0.3 is 0 Å². The molecule has 2 heteroatoms. The fourth-order valence-corrected chi connectivity index (χ4v) is 6.25. The Kier molecular flexibility index (Phi) is 5.66. The highest BCUT2D eigenvalue weighted by atomic mass is 79.9. The average molecular weight is 428 g/mol. The molecule has 0 nitrogen and oxygen atoms in total. The fourth-order valence-electron chi connectivity index (χ4n) is 3.33. The summed E-state index contributed by atoms with van der Waals surface area (Å²) in [5.74, 6) is 0. The van der Waals surface area contributed by atoms with Crippen molar-refractivity contribution in [1.29, 1.82) is 0 Å². The average Bonchev–Trinajstić information content (AvgIpc) is 2.76. The molecule has 4 aromatic rings. The SMILES string of the molecule is BrCc1ccc(-c2ccc([Si](c3ccccc3)c3ccccc3)cc2)cc1. The van der Waals surface area contributed by atoms with Crippen molar-refractivity contribution in [3.8, 4) is 11.1 Å². The van der Waals surface area contributed by atoms with E-state index in [0.29, 0.717) is 0 Å². The lowest BCUT2D eigenvalue weighted by Gasteiger charge is -2.17. The normalized spacial score (nSPS) is 10.9. The van der Waals surface area contributed by atoms with Gasteiger partial charge in [-0.25, -0.2) is 0 Å². The second-order valence-corrected chi connectivity index (χ2v) is 9.56. The number of benzene rings is 4. The molecule has 131 valence electrons. The molecule has 0 fully saturated rings. The van der Waals surface area contributed by atoms with E-state index < -0.39 is 8.80 Å². The zero-order chi connectivity index (χ0) is 18.5. The molecule has 0 aromatic heterocycles. The standard InChI is InChI=1S/C25H20BrSi/c26-19-20-11-13-21(14-12-20)22-15-17-25(18-16-22)27(23-7-3-1-4-8-23)24-9-5-2-6-10-24/h1-18H,19H2. The largest absolute Gasteiger partial charge is 0.154 e. The van der Waals surface area contributed by atoms with Crippen LogP contribution in [0.25, 0.3) is 11.1 Å². The number of hydrogen-bond donors (Lipinski definition) is 0. The van der Waals surface area contributed by atoms with E-state index in [-0.39, 0.29) is 0 Å². The summed E-state index contributed by atoms with van der Waals surface area (Å²) >= 11 is 3.51. The van der Waals surface area contributed by atoms with Gasteiger partial charge in [-0.3, -0.25) is 0 Å². The topological polar surface area (TPSA) is 0 Å². The van der Waals surface area contributed by atoms with Gasteiger partial charge in [-0.15, -0.1) is 0 Å². The smallest absolute Gasteiger partial charge is 0.0876 e. The summed E-state index contributed by atoms with van der Waals surface area (Å²) in [5.41, 5.74) is 3.83. The monoisotopic (exact) mass is 427 g/mol. The Bertz CT molecular complexity index is 938. The zero-order valence-electron chi connectivity index (χ0n) is 15.0. The van der Waals surface area contributed by atoms with Gasteiger partial charge in [0.1, 0.15) is 0 Å². The van der Waals surface area contributed by atoms with E-state index in [9.17, 15) is 0 Å². The Labute approximate surface area is 171 Å². The fraction of sp³-hybridized carbons (Fsp3) is 0.0400. The third-order valence-corrected chi connectivity index (χ3v) is 8.12. The van der Waals surface area contributed by atoms with Gasteiger partial charge in [0.05, 0.1) is 0 Å². The maximum atomic E-state index is 3.51. The van der Waals surface area contributed by atoms with Crippen LogP contribution in [0.15, 0.2) is 109 Å². The van der Waals surface area contributed by atoms with Gasteiger partial charge in [-0.2, -0.15) is 0 Å². The molecule has 0 bridgehead atoms. The Morgan fingerprint density at radius 1 is 0.481 bits per heavy atom. The maximum Gasteiger partial charge on any atom is 0.154 e. The summed E-state index contributed by atoms with van der Waals surface area (Å²) in [5, 5.41) is 5.15. The van der Waals surface area contributed by atoms with E-state index in [1.165, 1.54) is 32.3 Å². The van der Waals surface area contributed by atoms with Crippen molar-refractivity contribution in [2.24, 2.45) is 0 Å². The Morgan fingerprint density at radius 3 is 1.33 bits per heavy atom. The van der Waals surface area contributed by atoms with Crippen LogP contribution in [-0.4, -0.2) is 8.80 Å². The number of alkyl halides is 1. The molecule has 4 aromatic carbocycles. The minimum Gasteiger partial charge on any atom is -0.0876 e. The van der Waals surface area contributed by atoms with E-state index >= 15 is 0 Å². The lowest BCUT2D eigenvalue weighted by Crippen LogP contribution is -2.51. The van der Waals surface area contributed by atoms with Crippen molar-refractivity contribution >= 4 is 40.3 Å². The molecule has 0 saturated heterocycles. The first-order chi connectivity index (χ1) is 13.3. The summed E-state index contributed by atoms with van der Waals surface area (Å²) in [6, 6.07) is 39.7. The van der Waals surface area contributed by atoms with Crippen molar-refractivity contribution in [3.05, 3.63) is 115 Å². The van der Waals surface area contributed by atoms with E-state index in [0.717, 1.165) is 5.33 Å². The predicted molar refractivity (Wildman–Crippen MR) is 122 cm³/mol. The maximum absolute atomic E-state index is 3.51. The second kappa shape index (κ2) is 8.51. The first-order valence-corrected chi connectivity index (χ1v) is 11.7. The van der Waals surface area contributed by atoms with E-state index in [4.69, 9.17) is 0 Å². The van der Waals surface area contributed by atoms with Crippen molar-refractivity contribution in [2.45, 2.75) is 5.33 Å². The summed E-state index contributed by atoms with van der Waals surface area (Å²) in [4.78, 5) is 0. The van der Waals surface area contributed by atoms with Crippen LogP contribution in [0.4, 0.5) is 0 Å². The van der Waals surface area contributed by atoms with Crippen molar-refractivity contribution in [2.75, 3.05) is 0 Å². The predicted octanol–water partition coefficient (Wildman–Crippen LogP) is 4.76. The highest BCUT2D eigenvalue weighted by molar-refractivity contribution is 9.08. The van der Waals surface area contributed by atoms with Crippen molar-refractivity contribution in [3.63, 3.8) is 0 Å². The number of halogens is 1. The molecule has 27 heavy (non-hydrogen) atoms. The molecular formula is C25H20BrSi. The van der Waals surface area contributed by atoms with Crippen LogP contribution >= 0.6 is 15.9 Å². The first kappa shape index (κ1) is 18.0. The third-order valence-electron chi connectivity index (χ3n) is 4.74. The minimum atomic E-state index is -0.992. The molecule has 0 aliphatic rings. The van der Waals surface area contributed by atoms with E-state index in [1.54, 1.807) is 0 Å². The van der Waals surface area contributed by atoms with Gasteiger partial charge in [0.2, 0.25) is 0 Å². The Morgan fingerprint density at radius 2 is 0.889 bits per heavy atom. The number of hydrogen-bond acceptors (Lipinski definition) is 0. The van der Waals surface area contributed by atoms with Crippen molar-refractivity contribution in [1.82, 2.24) is 0 Å². The highest BCUT2D eigenvalue weighted by Crippen LogP contribution is 2.19. The van der Waals surface area contributed by atoms with E-state index in [1.807, 2.05) is 0 Å². The molecule has 4 rings (SSSR count). The van der Waals surface area contributed by atoms with Gasteiger partial charge in [0.25, 0.3) is 0 Å². The molecule has 0 saturated carbocycles. The lowest BCUT2D eigenvalue weighted by atomic mass is 10.0. The van der Waals surface area contributed by atoms with Gasteiger partial charge in [-0.05, 0) is 16.7 Å². The molecule has 0 aliphatic heterocycles. The lowest BCUT2D eigenvalue weighted by molar-refractivity contribution is 1.44. The molecule has 0 N–H and O–H groups in total. The van der Waals surface area contributed by atoms with Gasteiger partial charge in [0.15, 0.2) is 8.80 Å². The summed E-state index contributed by atoms with van der Waals surface area (Å²) in [6.45, 7) is 0. The van der Waals surface area contributed by atoms with Crippen LogP contribution in [0.2, 0.25) is 0 Å². The van der Waals surface area contributed by atoms with Crippen LogP contribution in [0.3, 0.4) is 0 Å². The molecule has 0 spiro atoms. The molecule has 0 atom stereocenters. The Hall–Kier alpha value is -2.42. The molecule has 1 radical (unpaired) electrons. The molecule has 0 amide bonds. The van der Waals surface area contributed by atoms with E-state index in [2.05, 4.69) is 125 Å². The first-order valence-electron chi connectivity index (χ1n) is 9.08. The van der Waals surface area contributed by atoms with Crippen LogP contribution in [0.1, 0.15) is 5.56 Å². The minimum absolute atomic E-state index is 0.895. The van der Waals surface area contributed by atoms with Crippen LogP contribution in [0.5, 0.6) is 0 Å². The van der Waals surface area contributed by atoms with Crippen molar-refractivity contribution < 1.29 is 0 Å². The molecular weight excluding hydrogens is 408 g/mol. The second-order valence-electron chi connectivity index (χ2n) is 6.51. The van der Waals surface area contributed by atoms with Crippen LogP contribution in [0, 0.1) is 0 Å². The third kappa shape index (κ3) is 4.13.